The first-order valence-electron chi connectivity index (χ1n) is 20.5. The third-order valence-corrected chi connectivity index (χ3v) is 13.6. The number of methoxy groups -OCH3 is 1. The van der Waals surface area contributed by atoms with E-state index in [0.29, 0.717) is 22.0 Å². The second-order valence-corrected chi connectivity index (χ2v) is 17.2. The maximum atomic E-state index is 14.3. The van der Waals surface area contributed by atoms with Crippen LogP contribution in [-0.4, -0.2) is 78.7 Å². The Hall–Kier alpha value is -7.44. The summed E-state index contributed by atoms with van der Waals surface area (Å²) in [7, 11) is 4.24. The Morgan fingerprint density at radius 1 is 0.862 bits per heavy atom. The Kier molecular flexibility index (Phi) is 11.8. The van der Waals surface area contributed by atoms with E-state index in [-0.39, 0.29) is 36.0 Å². The standard InChI is InChI=1S/C47H42N8O8S2/c1-52-45(59)53-25-13-20-36(55(53)46(52)60)34-27-64-42-38(41(57)54(42)39(34)43(58)63-26-29-21-23-33(61-2)24-22-29)49-40(56)37(51-62-3)35-28-65-44(48-35)50-47(30-14-7-4-8-15-30,31-16-9-5-10-17-31)32-18-11-6-12-19-32/h4-24,28,36,38,42H,25-27H2,1-3H3,(H,48,50)(H,49,56)/b51-37-/t36?,38-,42-/m1/s1. The van der Waals surface area contributed by atoms with Crippen LogP contribution in [0.5, 0.6) is 5.75 Å². The summed E-state index contributed by atoms with van der Waals surface area (Å²) in [5, 5.41) is 12.0. The van der Waals surface area contributed by atoms with Gasteiger partial charge in [-0.15, -0.1) is 23.1 Å². The molecular weight excluding hydrogens is 869 g/mol. The molecule has 16 nitrogen and oxygen atoms in total. The van der Waals surface area contributed by atoms with E-state index in [1.54, 1.807) is 48.9 Å². The molecule has 0 spiro atoms. The van der Waals surface area contributed by atoms with Gasteiger partial charge in [0.2, 0.25) is 0 Å². The second-order valence-electron chi connectivity index (χ2n) is 15.2. The number of carbonyl (C=O) groups is 3. The molecule has 18 heteroatoms. The van der Waals surface area contributed by atoms with Gasteiger partial charge in [0, 0.05) is 18.2 Å². The van der Waals surface area contributed by atoms with Gasteiger partial charge in [0.15, 0.2) is 10.8 Å². The average Bonchev–Trinajstić information content (AvgIpc) is 3.91. The molecule has 1 fully saturated rings. The van der Waals surface area contributed by atoms with E-state index in [0.717, 1.165) is 21.3 Å². The molecule has 65 heavy (non-hydrogen) atoms. The summed E-state index contributed by atoms with van der Waals surface area (Å²) in [5.41, 5.74) is 1.93. The minimum atomic E-state index is -1.09. The van der Waals surface area contributed by atoms with Gasteiger partial charge in [0.05, 0.1) is 19.7 Å². The van der Waals surface area contributed by atoms with Crippen molar-refractivity contribution in [2.45, 2.75) is 36.1 Å². The summed E-state index contributed by atoms with van der Waals surface area (Å²) in [6.07, 6.45) is 3.46. The van der Waals surface area contributed by atoms with Crippen molar-refractivity contribution in [1.29, 1.82) is 0 Å². The lowest BCUT2D eigenvalue weighted by atomic mass is 9.77. The van der Waals surface area contributed by atoms with Crippen LogP contribution in [-0.2, 0) is 49.7 Å². The van der Waals surface area contributed by atoms with Crippen molar-refractivity contribution in [1.82, 2.24) is 29.1 Å². The number of anilines is 1. The van der Waals surface area contributed by atoms with Gasteiger partial charge in [-0.2, -0.15) is 0 Å². The van der Waals surface area contributed by atoms with Gasteiger partial charge in [-0.3, -0.25) is 14.5 Å². The molecule has 9 rings (SSSR count). The Labute approximate surface area is 380 Å². The first-order valence-corrected chi connectivity index (χ1v) is 22.4. The number of amides is 2. The van der Waals surface area contributed by atoms with Crippen molar-refractivity contribution in [2.24, 2.45) is 12.2 Å². The minimum Gasteiger partial charge on any atom is -0.497 e. The van der Waals surface area contributed by atoms with E-state index in [1.165, 1.54) is 51.5 Å². The molecule has 2 N–H and O–H groups in total. The van der Waals surface area contributed by atoms with Gasteiger partial charge in [-0.25, -0.2) is 33.3 Å². The molecule has 5 heterocycles. The molecule has 2 amide bonds. The molecule has 4 aromatic carbocycles. The number of aromatic nitrogens is 4. The van der Waals surface area contributed by atoms with Crippen molar-refractivity contribution in [3.8, 4) is 5.75 Å². The molecule has 0 aliphatic carbocycles. The van der Waals surface area contributed by atoms with Gasteiger partial charge >= 0.3 is 17.3 Å². The van der Waals surface area contributed by atoms with E-state index < -0.39 is 52.2 Å². The lowest BCUT2D eigenvalue weighted by molar-refractivity contribution is -0.153. The molecule has 3 aliphatic rings. The summed E-state index contributed by atoms with van der Waals surface area (Å²) in [5.74, 6) is -1.33. The van der Waals surface area contributed by atoms with Gasteiger partial charge in [0.1, 0.15) is 47.8 Å². The Balaban J connectivity index is 0.999. The van der Waals surface area contributed by atoms with Crippen LogP contribution in [0.2, 0.25) is 0 Å². The van der Waals surface area contributed by atoms with Crippen LogP contribution in [0, 0.1) is 0 Å². The topological polar surface area (TPSA) is 180 Å². The van der Waals surface area contributed by atoms with Crippen LogP contribution in [0.3, 0.4) is 0 Å². The number of nitrogens with zero attached hydrogens (tertiary/aromatic N) is 6. The zero-order valence-electron chi connectivity index (χ0n) is 35.3. The number of thiazole rings is 1. The summed E-state index contributed by atoms with van der Waals surface area (Å²) in [6.45, 7) is 0.0267. The fourth-order valence-corrected chi connectivity index (χ4v) is 10.5. The van der Waals surface area contributed by atoms with Gasteiger partial charge in [0.25, 0.3) is 11.8 Å². The number of hydrogen-bond acceptors (Lipinski definition) is 13. The van der Waals surface area contributed by atoms with Crippen molar-refractivity contribution >= 4 is 51.7 Å². The fraction of sp³-hybridized carbons (Fsp3) is 0.213. The number of oxime groups is 1. The third kappa shape index (κ3) is 7.73. The second kappa shape index (κ2) is 18.0. The van der Waals surface area contributed by atoms with E-state index in [4.69, 9.17) is 19.3 Å². The monoisotopic (exact) mass is 910 g/mol. The third-order valence-electron chi connectivity index (χ3n) is 11.5. The predicted octanol–water partition coefficient (Wildman–Crippen LogP) is 4.78. The molecule has 2 aromatic heterocycles. The van der Waals surface area contributed by atoms with Crippen LogP contribution in [0.4, 0.5) is 5.13 Å². The number of ether oxygens (including phenoxy) is 2. The van der Waals surface area contributed by atoms with Crippen LogP contribution in [0.1, 0.15) is 34.0 Å². The highest BCUT2D eigenvalue weighted by atomic mass is 32.2. The number of thioether (sulfide) groups is 1. The molecule has 1 saturated heterocycles. The van der Waals surface area contributed by atoms with E-state index in [9.17, 15) is 24.0 Å². The molecule has 330 valence electrons. The van der Waals surface area contributed by atoms with Gasteiger partial charge in [-0.05, 0) is 40.0 Å². The molecule has 3 aliphatic heterocycles. The first-order chi connectivity index (χ1) is 31.6. The number of hydrogen-bond donors (Lipinski definition) is 2. The zero-order chi connectivity index (χ0) is 45.2. The number of allylic oxidation sites excluding steroid dienone is 2. The molecule has 1 unspecified atom stereocenters. The summed E-state index contributed by atoms with van der Waals surface area (Å²) in [6, 6.07) is 35.0. The summed E-state index contributed by atoms with van der Waals surface area (Å²) in [4.78, 5) is 80.3. The van der Waals surface area contributed by atoms with Crippen LogP contribution in [0.15, 0.2) is 159 Å². The van der Waals surface area contributed by atoms with Gasteiger partial charge < -0.3 is 24.9 Å². The van der Waals surface area contributed by atoms with E-state index >= 15 is 0 Å². The minimum absolute atomic E-state index is 0.0659. The number of esters is 1. The number of carbonyl (C=O) groups excluding carboxylic acids is 3. The Morgan fingerprint density at radius 3 is 2.09 bits per heavy atom. The highest BCUT2D eigenvalue weighted by Crippen LogP contribution is 2.45. The lowest BCUT2D eigenvalue weighted by Crippen LogP contribution is -2.71. The zero-order valence-corrected chi connectivity index (χ0v) is 37.0. The van der Waals surface area contributed by atoms with Crippen molar-refractivity contribution in [3.05, 3.63) is 193 Å². The van der Waals surface area contributed by atoms with Crippen molar-refractivity contribution in [3.63, 3.8) is 0 Å². The SMILES string of the molecule is CO/N=C(\C(=O)N[C@@H]1C(=O)N2C(C(=O)OCc3ccc(OC)cc3)=C(C3C=CCn4c(=O)n(C)c(=O)n43)CS[C@H]12)c1csc(NC(c2ccccc2)(c2ccccc2)c2ccccc2)n1. The summed E-state index contributed by atoms with van der Waals surface area (Å²) < 4.78 is 14.6. The number of nitrogens with one attached hydrogen (secondary N) is 2. The average molecular weight is 911 g/mol. The molecule has 0 bridgehead atoms. The van der Waals surface area contributed by atoms with Crippen LogP contribution >= 0.6 is 23.1 Å². The maximum Gasteiger partial charge on any atom is 0.355 e. The number of β-lactam (4-membered cyclic amide) rings is 1. The number of fused-ring (bicyclic) bond motifs is 2. The molecular formula is C47H42N8O8S2. The highest BCUT2D eigenvalue weighted by molar-refractivity contribution is 8.00. The number of rotatable bonds is 14. The molecule has 3 atom stereocenters. The van der Waals surface area contributed by atoms with Crippen molar-refractivity contribution < 1.29 is 28.7 Å². The fourth-order valence-electron chi connectivity index (χ4n) is 8.36. The van der Waals surface area contributed by atoms with Gasteiger partial charge in [-0.1, -0.05) is 120 Å². The molecule has 0 radical (unpaired) electrons. The predicted molar refractivity (Wildman–Crippen MR) is 245 cm³/mol. The van der Waals surface area contributed by atoms with E-state index in [1.807, 2.05) is 91.0 Å². The van der Waals surface area contributed by atoms with Crippen LogP contribution in [0.25, 0.3) is 0 Å². The Bertz CT molecular complexity index is 2880. The molecule has 0 saturated carbocycles. The normalized spacial score (nSPS) is 18.0. The largest absolute Gasteiger partial charge is 0.497 e. The van der Waals surface area contributed by atoms with E-state index in [2.05, 4.69) is 15.8 Å². The number of benzene rings is 4. The van der Waals surface area contributed by atoms with Crippen molar-refractivity contribution in [2.75, 3.05) is 25.3 Å². The Morgan fingerprint density at radius 2 is 1.49 bits per heavy atom. The first kappa shape index (κ1) is 42.8. The summed E-state index contributed by atoms with van der Waals surface area (Å²) >= 11 is 2.57. The molecule has 6 aromatic rings. The highest BCUT2D eigenvalue weighted by Gasteiger charge is 2.56. The quantitative estimate of drug-likeness (QED) is 0.0384. The van der Waals surface area contributed by atoms with Crippen LogP contribution < -0.4 is 26.7 Å². The maximum absolute atomic E-state index is 14.3. The smallest absolute Gasteiger partial charge is 0.355 e. The lowest BCUT2D eigenvalue weighted by Gasteiger charge is -2.50.